The van der Waals surface area contributed by atoms with Gasteiger partial charge in [0.25, 0.3) is 0 Å². The van der Waals surface area contributed by atoms with E-state index in [1.165, 1.54) is 0 Å². The van der Waals surface area contributed by atoms with Gasteiger partial charge in [0.15, 0.2) is 0 Å². The summed E-state index contributed by atoms with van der Waals surface area (Å²) < 4.78 is 10.9. The lowest BCUT2D eigenvalue weighted by Gasteiger charge is -2.18. The van der Waals surface area contributed by atoms with E-state index in [1.807, 2.05) is 12.1 Å². The average molecular weight is 314 g/mol. The maximum absolute atomic E-state index is 6.23. The van der Waals surface area contributed by atoms with Gasteiger partial charge < -0.3 is 19.7 Å². The van der Waals surface area contributed by atoms with Crippen molar-refractivity contribution in [3.05, 3.63) is 22.8 Å². The third-order valence-corrected chi connectivity index (χ3v) is 4.07. The molecular weight excluding hydrogens is 290 g/mol. The quantitative estimate of drug-likeness (QED) is 0.871. The second-order valence-corrected chi connectivity index (χ2v) is 5.99. The SMILES string of the molecule is COC1CN(c2ccc(Cl)c(CNC(C)C)n2)CC1OC. The molecule has 0 aromatic carbocycles. The van der Waals surface area contributed by atoms with Crippen LogP contribution in [-0.4, -0.2) is 50.5 Å². The van der Waals surface area contributed by atoms with Crippen LogP contribution in [0, 0.1) is 0 Å². The summed E-state index contributed by atoms with van der Waals surface area (Å²) in [6.07, 6.45) is 0.148. The zero-order valence-electron chi connectivity index (χ0n) is 13.1. The highest BCUT2D eigenvalue weighted by molar-refractivity contribution is 6.31. The molecule has 2 heterocycles. The number of nitrogens with one attached hydrogen (secondary N) is 1. The molecular formula is C15H24ClN3O2. The summed E-state index contributed by atoms with van der Waals surface area (Å²) in [6.45, 7) is 6.43. The third-order valence-electron chi connectivity index (χ3n) is 3.73. The van der Waals surface area contributed by atoms with Crippen molar-refractivity contribution in [3.63, 3.8) is 0 Å². The highest BCUT2D eigenvalue weighted by Crippen LogP contribution is 2.24. The number of nitrogens with zero attached hydrogens (tertiary/aromatic N) is 2. The molecule has 2 rings (SSSR count). The highest BCUT2D eigenvalue weighted by Gasteiger charge is 2.33. The van der Waals surface area contributed by atoms with E-state index < -0.39 is 0 Å². The van der Waals surface area contributed by atoms with Gasteiger partial charge in [0.2, 0.25) is 0 Å². The van der Waals surface area contributed by atoms with Crippen LogP contribution in [0.1, 0.15) is 19.5 Å². The van der Waals surface area contributed by atoms with Crippen LogP contribution in [0.4, 0.5) is 5.82 Å². The Labute approximate surface area is 131 Å². The van der Waals surface area contributed by atoms with Gasteiger partial charge in [-0.05, 0) is 12.1 Å². The molecule has 0 radical (unpaired) electrons. The van der Waals surface area contributed by atoms with Crippen molar-refractivity contribution >= 4 is 17.4 Å². The van der Waals surface area contributed by atoms with Crippen molar-refractivity contribution in [2.45, 2.75) is 38.6 Å². The summed E-state index contributed by atoms with van der Waals surface area (Å²) >= 11 is 6.23. The van der Waals surface area contributed by atoms with Crippen molar-refractivity contribution in [2.24, 2.45) is 0 Å². The van der Waals surface area contributed by atoms with Crippen molar-refractivity contribution in [2.75, 3.05) is 32.2 Å². The van der Waals surface area contributed by atoms with Gasteiger partial charge in [-0.1, -0.05) is 25.4 Å². The number of aromatic nitrogens is 1. The second kappa shape index (κ2) is 7.40. The average Bonchev–Trinajstić information content (AvgIpc) is 2.89. The summed E-state index contributed by atoms with van der Waals surface area (Å²) in [7, 11) is 3.43. The van der Waals surface area contributed by atoms with Crippen LogP contribution in [-0.2, 0) is 16.0 Å². The lowest BCUT2D eigenvalue weighted by molar-refractivity contribution is -0.00461. The number of methoxy groups -OCH3 is 2. The van der Waals surface area contributed by atoms with Gasteiger partial charge in [0.1, 0.15) is 18.0 Å². The van der Waals surface area contributed by atoms with Crippen molar-refractivity contribution in [1.82, 2.24) is 10.3 Å². The summed E-state index contributed by atoms with van der Waals surface area (Å²) in [6, 6.07) is 4.25. The standard InChI is InChI=1S/C15H24ClN3O2/c1-10(2)17-7-12-11(16)5-6-15(18-12)19-8-13(20-3)14(9-19)21-4/h5-6,10,13-14,17H,7-9H2,1-4H3. The molecule has 2 atom stereocenters. The van der Waals surface area contributed by atoms with Crippen molar-refractivity contribution < 1.29 is 9.47 Å². The molecule has 21 heavy (non-hydrogen) atoms. The first-order valence-corrected chi connectivity index (χ1v) is 7.62. The maximum Gasteiger partial charge on any atom is 0.129 e. The van der Waals surface area contributed by atoms with E-state index in [9.17, 15) is 0 Å². The summed E-state index contributed by atoms with van der Waals surface area (Å²) in [5, 5.41) is 4.04. The molecule has 5 nitrogen and oxygen atoms in total. The van der Waals surface area contributed by atoms with Gasteiger partial charge in [-0.15, -0.1) is 0 Å². The summed E-state index contributed by atoms with van der Waals surface area (Å²) in [4.78, 5) is 6.86. The second-order valence-electron chi connectivity index (χ2n) is 5.59. The van der Waals surface area contributed by atoms with Gasteiger partial charge in [0, 0.05) is 39.9 Å². The zero-order valence-corrected chi connectivity index (χ0v) is 13.9. The lowest BCUT2D eigenvalue weighted by Crippen LogP contribution is -2.27. The number of hydrogen-bond donors (Lipinski definition) is 1. The number of hydrogen-bond acceptors (Lipinski definition) is 5. The van der Waals surface area contributed by atoms with E-state index in [0.717, 1.165) is 24.6 Å². The number of halogens is 1. The van der Waals surface area contributed by atoms with Crippen LogP contribution in [0.5, 0.6) is 0 Å². The number of pyridine rings is 1. The molecule has 1 N–H and O–H groups in total. The van der Waals surface area contributed by atoms with Crippen LogP contribution in [0.3, 0.4) is 0 Å². The number of anilines is 1. The summed E-state index contributed by atoms with van der Waals surface area (Å²) in [5.41, 5.74) is 0.873. The first-order chi connectivity index (χ1) is 10.0. The van der Waals surface area contributed by atoms with E-state index in [-0.39, 0.29) is 12.2 Å². The van der Waals surface area contributed by atoms with Gasteiger partial charge in [-0.2, -0.15) is 0 Å². The van der Waals surface area contributed by atoms with Gasteiger partial charge >= 0.3 is 0 Å². The molecule has 2 unspecified atom stereocenters. The Morgan fingerprint density at radius 1 is 1.29 bits per heavy atom. The molecule has 1 aliphatic rings. The highest BCUT2D eigenvalue weighted by atomic mass is 35.5. The minimum atomic E-state index is 0.0738. The van der Waals surface area contributed by atoms with Crippen LogP contribution in [0.15, 0.2) is 12.1 Å². The molecule has 1 fully saturated rings. The van der Waals surface area contributed by atoms with Crippen LogP contribution in [0.25, 0.3) is 0 Å². The molecule has 118 valence electrons. The Kier molecular flexibility index (Phi) is 5.81. The van der Waals surface area contributed by atoms with Crippen LogP contribution >= 0.6 is 11.6 Å². The van der Waals surface area contributed by atoms with Crippen molar-refractivity contribution in [1.29, 1.82) is 0 Å². The van der Waals surface area contributed by atoms with Gasteiger partial charge in [-0.3, -0.25) is 0 Å². The third kappa shape index (κ3) is 4.07. The lowest BCUT2D eigenvalue weighted by atomic mass is 10.3. The Morgan fingerprint density at radius 3 is 2.43 bits per heavy atom. The number of ether oxygens (including phenoxy) is 2. The maximum atomic E-state index is 6.23. The minimum Gasteiger partial charge on any atom is -0.377 e. The monoisotopic (exact) mass is 313 g/mol. The number of rotatable bonds is 6. The molecule has 0 spiro atoms. The van der Waals surface area contributed by atoms with E-state index >= 15 is 0 Å². The predicted octanol–water partition coefficient (Wildman–Crippen LogP) is 2.08. The normalized spacial score (nSPS) is 22.3. The molecule has 1 aliphatic heterocycles. The van der Waals surface area contributed by atoms with Gasteiger partial charge in [-0.25, -0.2) is 4.98 Å². The largest absolute Gasteiger partial charge is 0.377 e. The van der Waals surface area contributed by atoms with E-state index in [0.29, 0.717) is 17.6 Å². The fourth-order valence-corrected chi connectivity index (χ4v) is 2.63. The molecule has 6 heteroatoms. The Balaban J connectivity index is 2.12. The molecule has 1 aromatic rings. The Morgan fingerprint density at radius 2 is 1.90 bits per heavy atom. The van der Waals surface area contributed by atoms with Crippen molar-refractivity contribution in [3.8, 4) is 0 Å². The zero-order chi connectivity index (χ0) is 15.4. The Bertz CT molecular complexity index is 458. The van der Waals surface area contributed by atoms with Crippen LogP contribution < -0.4 is 10.2 Å². The molecule has 0 amide bonds. The first kappa shape index (κ1) is 16.5. The fraction of sp³-hybridized carbons (Fsp3) is 0.667. The smallest absolute Gasteiger partial charge is 0.129 e. The fourth-order valence-electron chi connectivity index (χ4n) is 2.46. The minimum absolute atomic E-state index is 0.0738. The van der Waals surface area contributed by atoms with E-state index in [2.05, 4.69) is 29.0 Å². The first-order valence-electron chi connectivity index (χ1n) is 7.24. The molecule has 0 aliphatic carbocycles. The van der Waals surface area contributed by atoms with E-state index in [4.69, 9.17) is 21.1 Å². The van der Waals surface area contributed by atoms with E-state index in [1.54, 1.807) is 14.2 Å². The molecule has 1 aromatic heterocycles. The van der Waals surface area contributed by atoms with Gasteiger partial charge in [0.05, 0.1) is 10.7 Å². The summed E-state index contributed by atoms with van der Waals surface area (Å²) in [5.74, 6) is 0.918. The molecule has 0 bridgehead atoms. The molecule has 1 saturated heterocycles. The predicted molar refractivity (Wildman–Crippen MR) is 85.0 cm³/mol. The van der Waals surface area contributed by atoms with Crippen LogP contribution in [0.2, 0.25) is 5.02 Å². The topological polar surface area (TPSA) is 46.6 Å². The molecule has 0 saturated carbocycles. The Hall–Kier alpha value is -0.880.